The number of thioether (sulfide) groups is 1. The first-order valence-corrected chi connectivity index (χ1v) is 7.42. The Labute approximate surface area is 103 Å². The number of aliphatic carboxylic acids is 1. The lowest BCUT2D eigenvalue weighted by atomic mass is 9.98. The Hall–Kier alpha value is -0.220. The van der Waals surface area contributed by atoms with Gasteiger partial charge in [0.2, 0.25) is 0 Å². The maximum absolute atomic E-state index is 11.1. The first kappa shape index (κ1) is 13.8. The van der Waals surface area contributed by atoms with Gasteiger partial charge in [-0.3, -0.25) is 4.79 Å². The summed E-state index contributed by atoms with van der Waals surface area (Å²) in [6, 6.07) is 0. The van der Waals surface area contributed by atoms with E-state index in [9.17, 15) is 4.79 Å². The van der Waals surface area contributed by atoms with E-state index in [0.29, 0.717) is 0 Å². The molecule has 3 nitrogen and oxygen atoms in total. The Morgan fingerprint density at radius 1 is 1.38 bits per heavy atom. The Morgan fingerprint density at radius 3 is 2.62 bits per heavy atom. The van der Waals surface area contributed by atoms with Gasteiger partial charge in [0, 0.05) is 24.6 Å². The van der Waals surface area contributed by atoms with Crippen molar-refractivity contribution in [3.63, 3.8) is 0 Å². The van der Waals surface area contributed by atoms with Crippen molar-refractivity contribution in [2.24, 2.45) is 5.92 Å². The standard InChI is InChI=1S/C12H23NO2S/c1-2-3-4-11(12(14)15)5-6-13-7-9-16-10-8-13/h11H,2-10H2,1H3,(H,14,15). The fraction of sp³-hybridized carbons (Fsp3) is 0.917. The number of carbonyl (C=O) groups is 1. The molecule has 4 heteroatoms. The minimum Gasteiger partial charge on any atom is -0.481 e. The van der Waals surface area contributed by atoms with Gasteiger partial charge >= 0.3 is 5.97 Å². The molecule has 0 bridgehead atoms. The summed E-state index contributed by atoms with van der Waals surface area (Å²) < 4.78 is 0. The Balaban J connectivity index is 2.22. The zero-order valence-corrected chi connectivity index (χ0v) is 11.0. The summed E-state index contributed by atoms with van der Waals surface area (Å²) >= 11 is 2.00. The number of unbranched alkanes of at least 4 members (excludes halogenated alkanes) is 1. The average Bonchev–Trinajstić information content (AvgIpc) is 2.30. The van der Waals surface area contributed by atoms with Crippen LogP contribution < -0.4 is 0 Å². The van der Waals surface area contributed by atoms with Gasteiger partial charge in [-0.05, 0) is 19.4 Å². The van der Waals surface area contributed by atoms with Gasteiger partial charge in [0.05, 0.1) is 5.92 Å². The van der Waals surface area contributed by atoms with Gasteiger partial charge in [-0.15, -0.1) is 0 Å². The predicted molar refractivity (Wildman–Crippen MR) is 69.0 cm³/mol. The van der Waals surface area contributed by atoms with Crippen LogP contribution >= 0.6 is 11.8 Å². The Bertz CT molecular complexity index is 205. The van der Waals surface area contributed by atoms with Crippen LogP contribution in [-0.4, -0.2) is 47.1 Å². The number of nitrogens with zero attached hydrogens (tertiary/aromatic N) is 1. The lowest BCUT2D eigenvalue weighted by Gasteiger charge is -2.27. The third-order valence-electron chi connectivity index (χ3n) is 3.15. The van der Waals surface area contributed by atoms with Crippen molar-refractivity contribution in [1.29, 1.82) is 0 Å². The SMILES string of the molecule is CCCCC(CCN1CCSCC1)C(=O)O. The highest BCUT2D eigenvalue weighted by Gasteiger charge is 2.18. The highest BCUT2D eigenvalue weighted by molar-refractivity contribution is 7.99. The van der Waals surface area contributed by atoms with Crippen LogP contribution in [0.25, 0.3) is 0 Å². The van der Waals surface area contributed by atoms with Crippen LogP contribution in [0.1, 0.15) is 32.6 Å². The van der Waals surface area contributed by atoms with Crippen LogP contribution in [0.3, 0.4) is 0 Å². The Morgan fingerprint density at radius 2 is 2.06 bits per heavy atom. The second-order valence-corrected chi connectivity index (χ2v) is 5.64. The van der Waals surface area contributed by atoms with Crippen molar-refractivity contribution in [1.82, 2.24) is 4.90 Å². The van der Waals surface area contributed by atoms with E-state index < -0.39 is 5.97 Å². The molecule has 0 aromatic carbocycles. The maximum atomic E-state index is 11.1. The van der Waals surface area contributed by atoms with Crippen molar-refractivity contribution in [3.05, 3.63) is 0 Å². The maximum Gasteiger partial charge on any atom is 0.306 e. The minimum absolute atomic E-state index is 0.130. The second kappa shape index (κ2) is 7.96. The fourth-order valence-electron chi connectivity index (χ4n) is 2.00. The van der Waals surface area contributed by atoms with Crippen LogP contribution in [0.2, 0.25) is 0 Å². The van der Waals surface area contributed by atoms with Crippen LogP contribution in [0.5, 0.6) is 0 Å². The van der Waals surface area contributed by atoms with Gasteiger partial charge in [0.1, 0.15) is 0 Å². The molecule has 1 atom stereocenters. The van der Waals surface area contributed by atoms with Crippen LogP contribution in [-0.2, 0) is 4.79 Å². The van der Waals surface area contributed by atoms with Crippen LogP contribution in [0.4, 0.5) is 0 Å². The molecule has 0 spiro atoms. The van der Waals surface area contributed by atoms with E-state index in [0.717, 1.165) is 45.3 Å². The molecule has 0 aliphatic carbocycles. The molecular formula is C12H23NO2S. The number of hydrogen-bond acceptors (Lipinski definition) is 3. The van der Waals surface area contributed by atoms with E-state index in [1.54, 1.807) is 0 Å². The normalized spacial score (nSPS) is 19.6. The molecule has 1 unspecified atom stereocenters. The summed E-state index contributed by atoms with van der Waals surface area (Å²) in [5, 5.41) is 9.11. The lowest BCUT2D eigenvalue weighted by Crippen LogP contribution is -2.34. The van der Waals surface area contributed by atoms with Gasteiger partial charge in [-0.2, -0.15) is 11.8 Å². The van der Waals surface area contributed by atoms with E-state index in [2.05, 4.69) is 11.8 Å². The largest absolute Gasteiger partial charge is 0.481 e. The first-order valence-electron chi connectivity index (χ1n) is 6.27. The van der Waals surface area contributed by atoms with Crippen LogP contribution in [0.15, 0.2) is 0 Å². The monoisotopic (exact) mass is 245 g/mol. The average molecular weight is 245 g/mol. The minimum atomic E-state index is -0.611. The molecule has 1 aliphatic heterocycles. The van der Waals surface area contributed by atoms with Gasteiger partial charge in [0.15, 0.2) is 0 Å². The quantitative estimate of drug-likeness (QED) is 0.747. The van der Waals surface area contributed by atoms with Gasteiger partial charge in [0.25, 0.3) is 0 Å². The van der Waals surface area contributed by atoms with E-state index in [4.69, 9.17) is 5.11 Å². The summed E-state index contributed by atoms with van der Waals surface area (Å²) in [7, 11) is 0. The van der Waals surface area contributed by atoms with E-state index in [-0.39, 0.29) is 5.92 Å². The topological polar surface area (TPSA) is 40.5 Å². The van der Waals surface area contributed by atoms with Crippen molar-refractivity contribution >= 4 is 17.7 Å². The van der Waals surface area contributed by atoms with E-state index in [1.807, 2.05) is 11.8 Å². The molecule has 1 heterocycles. The molecule has 1 fully saturated rings. The van der Waals surface area contributed by atoms with Crippen LogP contribution in [0, 0.1) is 5.92 Å². The van der Waals surface area contributed by atoms with Crippen molar-refractivity contribution in [2.45, 2.75) is 32.6 Å². The molecule has 94 valence electrons. The predicted octanol–water partition coefficient (Wildman–Crippen LogP) is 2.32. The molecule has 0 radical (unpaired) electrons. The molecule has 16 heavy (non-hydrogen) atoms. The van der Waals surface area contributed by atoms with E-state index >= 15 is 0 Å². The summed E-state index contributed by atoms with van der Waals surface area (Å²) in [6.07, 6.45) is 3.78. The number of hydrogen-bond donors (Lipinski definition) is 1. The smallest absolute Gasteiger partial charge is 0.306 e. The summed E-state index contributed by atoms with van der Waals surface area (Å²) in [6.45, 7) is 5.33. The van der Waals surface area contributed by atoms with Crippen molar-refractivity contribution in [3.8, 4) is 0 Å². The molecule has 0 saturated carbocycles. The van der Waals surface area contributed by atoms with Gasteiger partial charge in [-0.1, -0.05) is 19.8 Å². The fourth-order valence-corrected chi connectivity index (χ4v) is 2.98. The highest BCUT2D eigenvalue weighted by atomic mass is 32.2. The van der Waals surface area contributed by atoms with E-state index in [1.165, 1.54) is 11.5 Å². The number of rotatable bonds is 7. The lowest BCUT2D eigenvalue weighted by molar-refractivity contribution is -0.142. The molecular weight excluding hydrogens is 222 g/mol. The zero-order chi connectivity index (χ0) is 11.8. The van der Waals surface area contributed by atoms with Gasteiger partial charge < -0.3 is 10.0 Å². The molecule has 1 saturated heterocycles. The zero-order valence-electron chi connectivity index (χ0n) is 10.2. The Kier molecular flexibility index (Phi) is 6.88. The molecule has 1 aliphatic rings. The molecule has 0 aromatic rings. The molecule has 0 aromatic heterocycles. The second-order valence-electron chi connectivity index (χ2n) is 4.42. The van der Waals surface area contributed by atoms with Crippen molar-refractivity contribution < 1.29 is 9.90 Å². The number of carboxylic acids is 1. The third-order valence-corrected chi connectivity index (χ3v) is 4.10. The van der Waals surface area contributed by atoms with Crippen molar-refractivity contribution in [2.75, 3.05) is 31.1 Å². The van der Waals surface area contributed by atoms with Gasteiger partial charge in [-0.25, -0.2) is 0 Å². The molecule has 1 N–H and O–H groups in total. The summed E-state index contributed by atoms with van der Waals surface area (Å²) in [4.78, 5) is 13.5. The molecule has 1 rings (SSSR count). The highest BCUT2D eigenvalue weighted by Crippen LogP contribution is 2.16. The summed E-state index contributed by atoms with van der Waals surface area (Å²) in [5.41, 5.74) is 0. The molecule has 0 amide bonds. The third kappa shape index (κ3) is 5.21. The first-order chi connectivity index (χ1) is 7.74. The number of carboxylic acid groups (broad SMARTS) is 1. The summed E-state index contributed by atoms with van der Waals surface area (Å²) in [5.74, 6) is 1.66.